The van der Waals surface area contributed by atoms with Crippen LogP contribution < -0.4 is 0 Å². The van der Waals surface area contributed by atoms with E-state index in [1.807, 2.05) is 5.31 Å². The Balaban J connectivity index is 1.78. The van der Waals surface area contributed by atoms with E-state index >= 15 is 0 Å². The molecule has 25 heavy (non-hydrogen) atoms. The van der Waals surface area contributed by atoms with Gasteiger partial charge in [0, 0.05) is 5.92 Å². The minimum atomic E-state index is 0.0916. The number of hydrogen-bond donors (Lipinski definition) is 0. The van der Waals surface area contributed by atoms with Crippen LogP contribution in [-0.4, -0.2) is 22.1 Å². The second-order valence-corrected chi connectivity index (χ2v) is 15.2. The summed E-state index contributed by atoms with van der Waals surface area (Å²) in [5.41, 5.74) is 2.92. The van der Waals surface area contributed by atoms with Crippen molar-refractivity contribution in [3.8, 4) is 0 Å². The molecular formula is C23H40P2. The van der Waals surface area contributed by atoms with Gasteiger partial charge in [0.15, 0.2) is 0 Å². The maximum absolute atomic E-state index is 2.59. The quantitative estimate of drug-likeness (QED) is 0.424. The Bertz CT molecular complexity index is 455. The highest BCUT2D eigenvalue weighted by molar-refractivity contribution is 7.63. The van der Waals surface area contributed by atoms with E-state index in [1.54, 1.807) is 0 Å². The van der Waals surface area contributed by atoms with Gasteiger partial charge in [-0.3, -0.25) is 0 Å². The highest BCUT2D eigenvalue weighted by Crippen LogP contribution is 2.65. The largest absolute Gasteiger partial charge is 0.113 e. The Morgan fingerprint density at radius 3 is 1.92 bits per heavy atom. The Hall–Kier alpha value is 0.340. The molecule has 2 fully saturated rings. The minimum absolute atomic E-state index is 0.0916. The molecule has 2 heteroatoms. The average Bonchev–Trinajstić information content (AvgIpc) is 3.05. The molecule has 0 heterocycles. The van der Waals surface area contributed by atoms with E-state index in [-0.39, 0.29) is 7.92 Å². The topological polar surface area (TPSA) is 0 Å². The van der Waals surface area contributed by atoms with Gasteiger partial charge in [0.25, 0.3) is 0 Å². The highest BCUT2D eigenvalue weighted by Gasteiger charge is 2.38. The fourth-order valence-corrected chi connectivity index (χ4v) is 11.5. The lowest BCUT2D eigenvalue weighted by Gasteiger charge is -2.42. The summed E-state index contributed by atoms with van der Waals surface area (Å²) in [5, 5.41) is 2.39. The predicted octanol–water partition coefficient (Wildman–Crippen LogP) is 8.07. The highest BCUT2D eigenvalue weighted by atomic mass is 31.1. The lowest BCUT2D eigenvalue weighted by molar-refractivity contribution is 0.485. The molecule has 2 saturated carbocycles. The molecule has 0 amide bonds. The lowest BCUT2D eigenvalue weighted by Crippen LogP contribution is -2.25. The maximum atomic E-state index is 2.59. The van der Waals surface area contributed by atoms with Crippen molar-refractivity contribution >= 4 is 16.5 Å². The maximum Gasteiger partial charge on any atom is 0.00884 e. The molecule has 0 saturated heterocycles. The second kappa shape index (κ2) is 9.02. The van der Waals surface area contributed by atoms with E-state index in [2.05, 4.69) is 45.9 Å². The van der Waals surface area contributed by atoms with E-state index in [9.17, 15) is 0 Å². The molecule has 3 rings (SSSR count). The molecule has 142 valence electrons. The third-order valence-corrected chi connectivity index (χ3v) is 11.7. The molecule has 0 aromatic rings. The lowest BCUT2D eigenvalue weighted by atomic mass is 9.99. The van der Waals surface area contributed by atoms with Crippen LogP contribution in [0.3, 0.4) is 0 Å². The molecule has 0 spiro atoms. The molecule has 0 aromatic heterocycles. The normalized spacial score (nSPS) is 28.2. The van der Waals surface area contributed by atoms with Crippen molar-refractivity contribution in [3.05, 3.63) is 23.5 Å². The van der Waals surface area contributed by atoms with Crippen molar-refractivity contribution in [3.63, 3.8) is 0 Å². The summed E-state index contributed by atoms with van der Waals surface area (Å²) in [6, 6.07) is 0. The molecule has 3 aliphatic carbocycles. The van der Waals surface area contributed by atoms with Crippen molar-refractivity contribution < 1.29 is 0 Å². The first kappa shape index (κ1) is 20.1. The molecular weight excluding hydrogens is 338 g/mol. The Morgan fingerprint density at radius 2 is 1.44 bits per heavy atom. The summed E-state index contributed by atoms with van der Waals surface area (Å²) in [5.74, 6) is 0.757. The Morgan fingerprint density at radius 1 is 0.920 bits per heavy atom. The summed E-state index contributed by atoms with van der Waals surface area (Å²) < 4.78 is 0. The van der Waals surface area contributed by atoms with Gasteiger partial charge in [-0.05, 0) is 53.1 Å². The zero-order chi connectivity index (χ0) is 17.9. The van der Waals surface area contributed by atoms with Gasteiger partial charge in [-0.25, -0.2) is 0 Å². The minimum Gasteiger partial charge on any atom is -0.113 e. The van der Waals surface area contributed by atoms with Gasteiger partial charge in [-0.15, -0.1) is 8.58 Å². The third-order valence-electron chi connectivity index (χ3n) is 6.36. The molecule has 0 N–H and O–H groups in total. The molecule has 0 radical (unpaired) electrons. The van der Waals surface area contributed by atoms with E-state index < -0.39 is 0 Å². The van der Waals surface area contributed by atoms with Gasteiger partial charge in [-0.2, -0.15) is 0 Å². The average molecular weight is 379 g/mol. The second-order valence-electron chi connectivity index (χ2n) is 9.68. The third kappa shape index (κ3) is 5.42. The fraction of sp³-hybridized carbons (Fsp3) is 0.826. The van der Waals surface area contributed by atoms with Crippen molar-refractivity contribution in [2.75, 3.05) is 0 Å². The number of allylic oxidation sites excluding steroid dienone is 4. The van der Waals surface area contributed by atoms with Crippen LogP contribution in [0, 0.1) is 5.92 Å². The first-order valence-electron chi connectivity index (χ1n) is 10.9. The van der Waals surface area contributed by atoms with Gasteiger partial charge in [0.2, 0.25) is 0 Å². The Labute approximate surface area is 160 Å². The van der Waals surface area contributed by atoms with Crippen LogP contribution in [0.15, 0.2) is 23.5 Å². The first-order chi connectivity index (χ1) is 12.0. The zero-order valence-corrected chi connectivity index (χ0v) is 19.0. The number of rotatable bonds is 5. The van der Waals surface area contributed by atoms with E-state index in [1.165, 1.54) is 64.2 Å². The van der Waals surface area contributed by atoms with Gasteiger partial charge >= 0.3 is 0 Å². The van der Waals surface area contributed by atoms with Crippen molar-refractivity contribution in [1.82, 2.24) is 0 Å². The van der Waals surface area contributed by atoms with Crippen molar-refractivity contribution in [1.29, 1.82) is 0 Å². The molecule has 0 aliphatic heterocycles. The van der Waals surface area contributed by atoms with Gasteiger partial charge < -0.3 is 0 Å². The summed E-state index contributed by atoms with van der Waals surface area (Å²) >= 11 is 0. The standard InChI is InChI=1S/C23H40P2/c1-18(24-23(2,3)4)21-16-11-17-22(21)25(19-12-7-5-8-13-19)20-14-9-6-10-15-20/h11,16-21,24H,5-10,12-15H2,1-4H3/t18-,21?/m1/s1. The van der Waals surface area contributed by atoms with Crippen LogP contribution in [0.5, 0.6) is 0 Å². The predicted molar refractivity (Wildman–Crippen MR) is 119 cm³/mol. The van der Waals surface area contributed by atoms with Gasteiger partial charge in [0.05, 0.1) is 0 Å². The van der Waals surface area contributed by atoms with Crippen molar-refractivity contribution in [2.24, 2.45) is 5.92 Å². The molecule has 2 unspecified atom stereocenters. The van der Waals surface area contributed by atoms with Crippen molar-refractivity contribution in [2.45, 2.75) is 114 Å². The summed E-state index contributed by atoms with van der Waals surface area (Å²) in [6.07, 6.45) is 22.7. The van der Waals surface area contributed by atoms with Crippen LogP contribution >= 0.6 is 16.5 Å². The monoisotopic (exact) mass is 378 g/mol. The summed E-state index contributed by atoms with van der Waals surface area (Å²) in [7, 11) is 1.16. The smallest absolute Gasteiger partial charge is 0.00884 e. The van der Waals surface area contributed by atoms with Gasteiger partial charge in [0.1, 0.15) is 0 Å². The molecule has 3 aliphatic rings. The first-order valence-corrected chi connectivity index (χ1v) is 13.5. The van der Waals surface area contributed by atoms with Gasteiger partial charge in [-0.1, -0.05) is 92.4 Å². The zero-order valence-electron chi connectivity index (χ0n) is 17.1. The molecule has 0 bridgehead atoms. The molecule has 3 atom stereocenters. The van der Waals surface area contributed by atoms with Crippen LogP contribution in [0.4, 0.5) is 0 Å². The number of hydrogen-bond acceptors (Lipinski definition) is 0. The van der Waals surface area contributed by atoms with Crippen LogP contribution in [0.25, 0.3) is 0 Å². The van der Waals surface area contributed by atoms with E-state index in [4.69, 9.17) is 0 Å². The fourth-order valence-electron chi connectivity index (χ4n) is 5.38. The molecule has 0 aromatic carbocycles. The molecule has 0 nitrogen and oxygen atoms in total. The summed E-state index contributed by atoms with van der Waals surface area (Å²) in [4.78, 5) is 0. The Kier molecular flexibility index (Phi) is 7.25. The van der Waals surface area contributed by atoms with E-state index in [0.29, 0.717) is 5.16 Å². The van der Waals surface area contributed by atoms with E-state index in [0.717, 1.165) is 31.5 Å². The SMILES string of the molecule is C[C@@H](PC(C)(C)C)C1C=CC=C1P(C1CCCCC1)C1CCCCC1. The van der Waals surface area contributed by atoms with Crippen LogP contribution in [-0.2, 0) is 0 Å². The van der Waals surface area contributed by atoms with Crippen LogP contribution in [0.1, 0.15) is 91.9 Å². The van der Waals surface area contributed by atoms with Crippen LogP contribution in [0.2, 0.25) is 0 Å². The summed E-state index contributed by atoms with van der Waals surface area (Å²) in [6.45, 7) is 9.81.